The molecule has 0 aliphatic rings. The first-order valence-electron chi connectivity index (χ1n) is 6.96. The summed E-state index contributed by atoms with van der Waals surface area (Å²) in [6.07, 6.45) is -0.145. The van der Waals surface area contributed by atoms with Gasteiger partial charge in [-0.05, 0) is 38.7 Å². The largest absolute Gasteiger partial charge is 0.480 e. The molecular weight excluding hydrogens is 306 g/mol. The van der Waals surface area contributed by atoms with Crippen LogP contribution in [-0.2, 0) is 9.59 Å². The number of hydrogen-bond acceptors (Lipinski definition) is 4. The molecule has 1 atom stereocenters. The fourth-order valence-corrected chi connectivity index (χ4v) is 1.96. The maximum atomic E-state index is 12.0. The van der Waals surface area contributed by atoms with Gasteiger partial charge in [-0.1, -0.05) is 17.7 Å². The van der Waals surface area contributed by atoms with Gasteiger partial charge in [0.2, 0.25) is 5.91 Å². The Bertz CT molecular complexity index is 535. The van der Waals surface area contributed by atoms with Crippen LogP contribution in [0, 0.1) is 6.92 Å². The number of hydrogen-bond donors (Lipinski definition) is 3. The van der Waals surface area contributed by atoms with Gasteiger partial charge >= 0.3 is 5.97 Å². The molecule has 0 radical (unpaired) electrons. The van der Waals surface area contributed by atoms with Crippen molar-refractivity contribution in [3.05, 3.63) is 28.8 Å². The van der Waals surface area contributed by atoms with E-state index in [2.05, 4.69) is 10.6 Å². The second kappa shape index (κ2) is 8.73. The fourth-order valence-electron chi connectivity index (χ4n) is 1.78. The number of nitrogens with one attached hydrogen (secondary N) is 2. The van der Waals surface area contributed by atoms with Crippen molar-refractivity contribution < 1.29 is 14.7 Å². The average Bonchev–Trinajstić information content (AvgIpc) is 2.41. The third-order valence-electron chi connectivity index (χ3n) is 3.09. The number of aliphatic carboxylic acids is 1. The van der Waals surface area contributed by atoms with E-state index in [0.717, 1.165) is 5.56 Å². The molecule has 0 unspecified atom stereocenters. The number of aryl methyl sites for hydroxylation is 1. The molecule has 122 valence electrons. The van der Waals surface area contributed by atoms with Gasteiger partial charge in [-0.25, -0.2) is 0 Å². The predicted molar refractivity (Wildman–Crippen MR) is 87.4 cm³/mol. The lowest BCUT2D eigenvalue weighted by molar-refractivity contribution is -0.141. The summed E-state index contributed by atoms with van der Waals surface area (Å²) in [4.78, 5) is 25.1. The van der Waals surface area contributed by atoms with Crippen molar-refractivity contribution in [1.82, 2.24) is 10.2 Å². The van der Waals surface area contributed by atoms with Crippen LogP contribution >= 0.6 is 11.6 Å². The number of carboxylic acid groups (broad SMARTS) is 1. The number of amides is 1. The molecule has 0 aromatic heterocycles. The smallest absolute Gasteiger partial charge is 0.321 e. The van der Waals surface area contributed by atoms with Gasteiger partial charge in [-0.2, -0.15) is 0 Å². The lowest BCUT2D eigenvalue weighted by Crippen LogP contribution is -2.42. The molecule has 1 amide bonds. The van der Waals surface area contributed by atoms with Crippen molar-refractivity contribution in [2.24, 2.45) is 0 Å². The minimum Gasteiger partial charge on any atom is -0.480 e. The van der Waals surface area contributed by atoms with E-state index in [0.29, 0.717) is 23.8 Å². The van der Waals surface area contributed by atoms with E-state index in [4.69, 9.17) is 16.7 Å². The van der Waals surface area contributed by atoms with Gasteiger partial charge in [0.1, 0.15) is 6.04 Å². The van der Waals surface area contributed by atoms with Crippen LogP contribution in [0.15, 0.2) is 18.2 Å². The van der Waals surface area contributed by atoms with Gasteiger partial charge in [-0.15, -0.1) is 0 Å². The molecular formula is C15H22ClN3O3. The van der Waals surface area contributed by atoms with Gasteiger partial charge in [0.15, 0.2) is 0 Å². The summed E-state index contributed by atoms with van der Waals surface area (Å²) < 4.78 is 0. The molecule has 0 saturated carbocycles. The van der Waals surface area contributed by atoms with Crippen LogP contribution in [0.2, 0.25) is 5.02 Å². The van der Waals surface area contributed by atoms with Crippen molar-refractivity contribution in [2.75, 3.05) is 32.5 Å². The summed E-state index contributed by atoms with van der Waals surface area (Å²) in [5, 5.41) is 15.2. The van der Waals surface area contributed by atoms with Crippen LogP contribution in [0.4, 0.5) is 5.69 Å². The summed E-state index contributed by atoms with van der Waals surface area (Å²) in [5.74, 6) is -1.42. The Hall–Kier alpha value is -1.63. The molecule has 0 spiro atoms. The van der Waals surface area contributed by atoms with Gasteiger partial charge in [0.05, 0.1) is 6.42 Å². The first-order valence-corrected chi connectivity index (χ1v) is 7.34. The van der Waals surface area contributed by atoms with Gasteiger partial charge in [0, 0.05) is 23.8 Å². The lowest BCUT2D eigenvalue weighted by atomic mass is 10.2. The number of anilines is 1. The number of carbonyl (C=O) groups excluding carboxylic acids is 1. The molecule has 7 heteroatoms. The number of carbonyl (C=O) groups is 2. The Labute approximate surface area is 135 Å². The highest BCUT2D eigenvalue weighted by atomic mass is 35.5. The zero-order valence-electron chi connectivity index (χ0n) is 13.0. The van der Waals surface area contributed by atoms with Gasteiger partial charge in [-0.3, -0.25) is 9.59 Å². The molecule has 3 N–H and O–H groups in total. The summed E-state index contributed by atoms with van der Waals surface area (Å²) in [7, 11) is 3.79. The summed E-state index contributed by atoms with van der Waals surface area (Å²) in [6.45, 7) is 3.05. The number of likely N-dealkylation sites (N-methyl/N-ethyl adjacent to an activating group) is 1. The lowest BCUT2D eigenvalue weighted by Gasteiger charge is -2.16. The number of nitrogens with zero attached hydrogens (tertiary/aromatic N) is 1. The fraction of sp³-hybridized carbons (Fsp3) is 0.467. The number of benzene rings is 1. The van der Waals surface area contributed by atoms with Crippen LogP contribution in [-0.4, -0.2) is 55.1 Å². The maximum Gasteiger partial charge on any atom is 0.321 e. The Morgan fingerprint density at radius 3 is 2.59 bits per heavy atom. The van der Waals surface area contributed by atoms with Gasteiger partial charge in [0.25, 0.3) is 0 Å². The third-order valence-corrected chi connectivity index (χ3v) is 3.50. The molecule has 22 heavy (non-hydrogen) atoms. The van der Waals surface area contributed by atoms with Crippen LogP contribution < -0.4 is 10.6 Å². The van der Waals surface area contributed by atoms with Crippen molar-refractivity contribution in [2.45, 2.75) is 19.4 Å². The second-order valence-corrected chi connectivity index (χ2v) is 5.77. The highest BCUT2D eigenvalue weighted by molar-refractivity contribution is 6.31. The predicted octanol–water partition coefficient (Wildman–Crippen LogP) is 1.58. The Kier molecular flexibility index (Phi) is 7.31. The van der Waals surface area contributed by atoms with Crippen LogP contribution in [0.25, 0.3) is 0 Å². The minimum absolute atomic E-state index is 0.145. The standard InChI is InChI=1S/C15H22ClN3O3/c1-10-4-5-11(8-12(10)16)18-14(20)9-13(15(21)22)17-6-7-19(2)3/h4-5,8,13,17H,6-7,9H2,1-3H3,(H,18,20)(H,21,22)/t13-/m0/s1. The van der Waals surface area contributed by atoms with E-state index >= 15 is 0 Å². The third kappa shape index (κ3) is 6.43. The summed E-state index contributed by atoms with van der Waals surface area (Å²) in [6, 6.07) is 4.25. The highest BCUT2D eigenvalue weighted by Gasteiger charge is 2.20. The second-order valence-electron chi connectivity index (χ2n) is 5.36. The average molecular weight is 328 g/mol. The molecule has 0 bridgehead atoms. The number of carboxylic acids is 1. The first kappa shape index (κ1) is 18.4. The van der Waals surface area contributed by atoms with E-state index in [1.54, 1.807) is 18.2 Å². The Morgan fingerprint density at radius 2 is 2.05 bits per heavy atom. The van der Waals surface area contributed by atoms with Crippen LogP contribution in [0.3, 0.4) is 0 Å². The maximum absolute atomic E-state index is 12.0. The van der Waals surface area contributed by atoms with Crippen LogP contribution in [0.5, 0.6) is 0 Å². The molecule has 1 aromatic rings. The number of halogens is 1. The summed E-state index contributed by atoms with van der Waals surface area (Å²) >= 11 is 5.99. The van der Waals surface area contributed by atoms with Crippen molar-refractivity contribution in [3.8, 4) is 0 Å². The first-order chi connectivity index (χ1) is 10.3. The molecule has 0 aliphatic heterocycles. The minimum atomic E-state index is -1.05. The molecule has 0 saturated heterocycles. The van der Waals surface area contributed by atoms with E-state index in [-0.39, 0.29) is 12.3 Å². The molecule has 0 fully saturated rings. The van der Waals surface area contributed by atoms with E-state index < -0.39 is 12.0 Å². The molecule has 0 heterocycles. The number of rotatable bonds is 8. The van der Waals surface area contributed by atoms with Crippen molar-refractivity contribution in [3.63, 3.8) is 0 Å². The van der Waals surface area contributed by atoms with Crippen molar-refractivity contribution in [1.29, 1.82) is 0 Å². The molecule has 1 aromatic carbocycles. The quantitative estimate of drug-likeness (QED) is 0.675. The topological polar surface area (TPSA) is 81.7 Å². The van der Waals surface area contributed by atoms with E-state index in [9.17, 15) is 9.59 Å². The Balaban J connectivity index is 2.55. The van der Waals surface area contributed by atoms with Crippen molar-refractivity contribution >= 4 is 29.2 Å². The van der Waals surface area contributed by atoms with Crippen LogP contribution in [0.1, 0.15) is 12.0 Å². The van der Waals surface area contributed by atoms with E-state index in [1.165, 1.54) is 0 Å². The highest BCUT2D eigenvalue weighted by Crippen LogP contribution is 2.20. The van der Waals surface area contributed by atoms with E-state index in [1.807, 2.05) is 25.9 Å². The Morgan fingerprint density at radius 1 is 1.36 bits per heavy atom. The SMILES string of the molecule is Cc1ccc(NC(=O)C[C@H](NCCN(C)C)C(=O)O)cc1Cl. The molecule has 0 aliphatic carbocycles. The zero-order valence-corrected chi connectivity index (χ0v) is 13.8. The zero-order chi connectivity index (χ0) is 16.7. The summed E-state index contributed by atoms with van der Waals surface area (Å²) in [5.41, 5.74) is 1.46. The monoisotopic (exact) mass is 327 g/mol. The molecule has 1 rings (SSSR count). The van der Waals surface area contributed by atoms with Gasteiger partial charge < -0.3 is 20.6 Å². The normalized spacial score (nSPS) is 12.2. The molecule has 6 nitrogen and oxygen atoms in total.